The molecule has 0 amide bonds. The fourth-order valence-corrected chi connectivity index (χ4v) is 1.60. The highest BCUT2D eigenvalue weighted by atomic mass is 32.1. The van der Waals surface area contributed by atoms with Crippen LogP contribution in [0.25, 0.3) is 0 Å². The van der Waals surface area contributed by atoms with Gasteiger partial charge in [0.1, 0.15) is 5.75 Å². The smallest absolute Gasteiger partial charge is 0.196 e. The molecule has 0 bridgehead atoms. The van der Waals surface area contributed by atoms with Gasteiger partial charge < -0.3 is 9.47 Å². The summed E-state index contributed by atoms with van der Waals surface area (Å²) in [4.78, 5) is 1.13. The number of benzene rings is 1. The summed E-state index contributed by atoms with van der Waals surface area (Å²) in [5.74, 6) is 0.855. The molecule has 1 atom stereocenters. The number of hydrogen-bond donors (Lipinski definition) is 0. The van der Waals surface area contributed by atoms with Crippen molar-refractivity contribution in [2.75, 3.05) is 6.61 Å². The van der Waals surface area contributed by atoms with Crippen molar-refractivity contribution in [3.8, 4) is 5.75 Å². The topological polar surface area (TPSA) is 18.5 Å². The second kappa shape index (κ2) is 5.42. The molecule has 0 aromatic heterocycles. The molecular weight excluding hydrogens is 208 g/mol. The molecule has 2 nitrogen and oxygen atoms in total. The number of rotatable bonds is 4. The zero-order chi connectivity index (χ0) is 11.4. The molecule has 0 aliphatic carbocycles. The van der Waals surface area contributed by atoms with Crippen molar-refractivity contribution in [1.82, 2.24) is 0 Å². The first-order chi connectivity index (χ1) is 7.04. The fourth-order valence-electron chi connectivity index (χ4n) is 1.45. The van der Waals surface area contributed by atoms with Crippen LogP contribution < -0.4 is 4.74 Å². The Kier molecular flexibility index (Phi) is 4.48. The van der Waals surface area contributed by atoms with Gasteiger partial charge in [0.2, 0.25) is 0 Å². The van der Waals surface area contributed by atoms with Gasteiger partial charge in [0.25, 0.3) is 0 Å². The van der Waals surface area contributed by atoms with Gasteiger partial charge in [0, 0.05) is 17.7 Å². The molecule has 1 aromatic rings. The maximum atomic E-state index is 5.63. The van der Waals surface area contributed by atoms with Crippen LogP contribution in [0, 0.1) is 13.8 Å². The second-order valence-electron chi connectivity index (χ2n) is 3.57. The van der Waals surface area contributed by atoms with Crippen LogP contribution in [0.5, 0.6) is 5.75 Å². The molecular formula is C12H19O2S+. The number of hydrogen-bond acceptors (Lipinski definition) is 2. The number of ether oxygens (including phenoxy) is 2. The van der Waals surface area contributed by atoms with Gasteiger partial charge in [0.15, 0.2) is 11.2 Å². The van der Waals surface area contributed by atoms with Crippen LogP contribution in [0.4, 0.5) is 0 Å². The SMILES string of the molecule is CCOC(C)Oc1cc(C)c([SH2+])c(C)c1. The van der Waals surface area contributed by atoms with Gasteiger partial charge in [-0.3, -0.25) is 0 Å². The normalized spacial score (nSPS) is 12.6. The van der Waals surface area contributed by atoms with E-state index in [9.17, 15) is 0 Å². The minimum Gasteiger partial charge on any atom is -0.465 e. The Morgan fingerprint density at radius 1 is 1.27 bits per heavy atom. The van der Waals surface area contributed by atoms with Crippen molar-refractivity contribution < 1.29 is 9.47 Å². The highest BCUT2D eigenvalue weighted by molar-refractivity contribution is 7.58. The Labute approximate surface area is 97.0 Å². The van der Waals surface area contributed by atoms with E-state index >= 15 is 0 Å². The highest BCUT2D eigenvalue weighted by Gasteiger charge is 2.09. The van der Waals surface area contributed by atoms with Crippen molar-refractivity contribution in [3.05, 3.63) is 23.3 Å². The average Bonchev–Trinajstić information content (AvgIpc) is 2.14. The highest BCUT2D eigenvalue weighted by Crippen LogP contribution is 2.22. The molecule has 1 rings (SSSR count). The lowest BCUT2D eigenvalue weighted by atomic mass is 10.1. The molecule has 84 valence electrons. The zero-order valence-electron chi connectivity index (χ0n) is 9.76. The van der Waals surface area contributed by atoms with Crippen LogP contribution in [0.2, 0.25) is 0 Å². The lowest BCUT2D eigenvalue weighted by Gasteiger charge is -2.15. The Bertz CT molecular complexity index is 313. The Morgan fingerprint density at radius 2 is 1.80 bits per heavy atom. The summed E-state index contributed by atoms with van der Waals surface area (Å²) in [7, 11) is 0. The van der Waals surface area contributed by atoms with E-state index in [1.54, 1.807) is 0 Å². The van der Waals surface area contributed by atoms with Gasteiger partial charge in [-0.2, -0.15) is 0 Å². The molecule has 0 heterocycles. The predicted molar refractivity (Wildman–Crippen MR) is 66.1 cm³/mol. The van der Waals surface area contributed by atoms with E-state index in [4.69, 9.17) is 9.47 Å². The van der Waals surface area contributed by atoms with Crippen molar-refractivity contribution >= 4 is 12.6 Å². The summed E-state index contributed by atoms with van der Waals surface area (Å²) in [5.41, 5.74) is 2.34. The molecule has 0 saturated heterocycles. The Hall–Kier alpha value is -0.670. The van der Waals surface area contributed by atoms with E-state index in [2.05, 4.69) is 12.6 Å². The molecule has 0 aliphatic rings. The maximum absolute atomic E-state index is 5.63. The maximum Gasteiger partial charge on any atom is 0.196 e. The summed E-state index contributed by atoms with van der Waals surface area (Å²) >= 11 is 3.58. The van der Waals surface area contributed by atoms with Crippen LogP contribution in [0.15, 0.2) is 17.0 Å². The molecule has 0 saturated carbocycles. The standard InChI is InChI=1S/C12H18O2S/c1-5-13-10(4)14-11-6-8(2)12(15)9(3)7-11/h6-7,10,15H,5H2,1-4H3/p+1. The lowest BCUT2D eigenvalue weighted by Crippen LogP contribution is -2.16. The van der Waals surface area contributed by atoms with E-state index in [1.807, 2.05) is 39.8 Å². The fraction of sp³-hybridized carbons (Fsp3) is 0.500. The molecule has 1 aromatic carbocycles. The third-order valence-electron chi connectivity index (χ3n) is 2.21. The van der Waals surface area contributed by atoms with E-state index in [-0.39, 0.29) is 6.29 Å². The van der Waals surface area contributed by atoms with Crippen LogP contribution in [0.3, 0.4) is 0 Å². The molecule has 0 fully saturated rings. The zero-order valence-corrected chi connectivity index (χ0v) is 10.8. The van der Waals surface area contributed by atoms with Crippen LogP contribution in [-0.4, -0.2) is 12.9 Å². The Morgan fingerprint density at radius 3 is 2.27 bits per heavy atom. The lowest BCUT2D eigenvalue weighted by molar-refractivity contribution is -0.0613. The minimum atomic E-state index is -0.200. The summed E-state index contributed by atoms with van der Waals surface area (Å²) in [6.45, 7) is 8.61. The third kappa shape index (κ3) is 3.43. The van der Waals surface area contributed by atoms with E-state index in [0.717, 1.165) is 10.6 Å². The van der Waals surface area contributed by atoms with E-state index in [1.165, 1.54) is 11.1 Å². The first-order valence-corrected chi connectivity index (χ1v) is 5.65. The van der Waals surface area contributed by atoms with Gasteiger partial charge in [-0.05, 0) is 52.5 Å². The summed E-state index contributed by atoms with van der Waals surface area (Å²) in [6, 6.07) is 4.01. The van der Waals surface area contributed by atoms with Crippen LogP contribution >= 0.6 is 0 Å². The third-order valence-corrected chi connectivity index (χ3v) is 3.00. The van der Waals surface area contributed by atoms with Crippen molar-refractivity contribution in [1.29, 1.82) is 0 Å². The van der Waals surface area contributed by atoms with Crippen molar-refractivity contribution in [2.45, 2.75) is 38.9 Å². The van der Waals surface area contributed by atoms with Crippen molar-refractivity contribution in [3.63, 3.8) is 0 Å². The minimum absolute atomic E-state index is 0.200. The van der Waals surface area contributed by atoms with E-state index in [0.29, 0.717) is 6.61 Å². The van der Waals surface area contributed by atoms with Gasteiger partial charge in [-0.1, -0.05) is 0 Å². The van der Waals surface area contributed by atoms with Crippen molar-refractivity contribution in [2.24, 2.45) is 0 Å². The second-order valence-corrected chi connectivity index (χ2v) is 4.07. The van der Waals surface area contributed by atoms with Gasteiger partial charge in [-0.25, -0.2) is 0 Å². The summed E-state index contributed by atoms with van der Waals surface area (Å²) < 4.78 is 10.9. The van der Waals surface area contributed by atoms with Gasteiger partial charge in [0.05, 0.1) is 0 Å². The van der Waals surface area contributed by atoms with Crippen LogP contribution in [-0.2, 0) is 17.4 Å². The monoisotopic (exact) mass is 227 g/mol. The molecule has 0 radical (unpaired) electrons. The Balaban J connectivity index is 2.78. The first-order valence-electron chi connectivity index (χ1n) is 5.15. The predicted octanol–water partition coefficient (Wildman–Crippen LogP) is 2.44. The van der Waals surface area contributed by atoms with Gasteiger partial charge >= 0.3 is 0 Å². The quantitative estimate of drug-likeness (QED) is 0.581. The van der Waals surface area contributed by atoms with E-state index < -0.39 is 0 Å². The molecule has 3 heteroatoms. The average molecular weight is 227 g/mol. The largest absolute Gasteiger partial charge is 0.465 e. The molecule has 15 heavy (non-hydrogen) atoms. The van der Waals surface area contributed by atoms with Crippen LogP contribution in [0.1, 0.15) is 25.0 Å². The molecule has 0 N–H and O–H groups in total. The molecule has 0 aliphatic heterocycles. The first kappa shape index (κ1) is 12.4. The van der Waals surface area contributed by atoms with Gasteiger partial charge in [-0.15, -0.1) is 0 Å². The molecule has 1 unspecified atom stereocenters. The molecule has 0 spiro atoms. The number of aryl methyl sites for hydroxylation is 2. The summed E-state index contributed by atoms with van der Waals surface area (Å²) in [5, 5.41) is 0. The summed E-state index contributed by atoms with van der Waals surface area (Å²) in [6.07, 6.45) is -0.200.